The molecule has 0 unspecified atom stereocenters. The number of nitrogens with one attached hydrogen (secondary N) is 1. The predicted molar refractivity (Wildman–Crippen MR) is 73.5 cm³/mol. The fourth-order valence-corrected chi connectivity index (χ4v) is 1.55. The average molecular weight is 302 g/mol. The van der Waals surface area contributed by atoms with Gasteiger partial charge in [0, 0.05) is 6.54 Å². The fraction of sp³-hybridized carbons (Fsp3) is 0.667. The van der Waals surface area contributed by atoms with Crippen LogP contribution in [0.25, 0.3) is 0 Å². The standard InChI is InChI=1S/C12H20BrN3O/c1-5-7-14-10-9(13)11(16-8-15-10)17-12(3,4)6-2/h8H,5-7H2,1-4H3,(H,14,15,16). The highest BCUT2D eigenvalue weighted by Crippen LogP contribution is 2.31. The summed E-state index contributed by atoms with van der Waals surface area (Å²) >= 11 is 3.48. The lowest BCUT2D eigenvalue weighted by molar-refractivity contribution is 0.0978. The zero-order chi connectivity index (χ0) is 12.9. The summed E-state index contributed by atoms with van der Waals surface area (Å²) in [6.45, 7) is 9.17. The lowest BCUT2D eigenvalue weighted by atomic mass is 10.1. The van der Waals surface area contributed by atoms with E-state index in [1.165, 1.54) is 6.33 Å². The van der Waals surface area contributed by atoms with Crippen molar-refractivity contribution >= 4 is 21.7 Å². The summed E-state index contributed by atoms with van der Waals surface area (Å²) in [5.41, 5.74) is -0.223. The van der Waals surface area contributed by atoms with Gasteiger partial charge in [0.15, 0.2) is 0 Å². The Morgan fingerprint density at radius 2 is 2.06 bits per heavy atom. The lowest BCUT2D eigenvalue weighted by Gasteiger charge is -2.24. The quantitative estimate of drug-likeness (QED) is 0.871. The van der Waals surface area contributed by atoms with Crippen LogP contribution >= 0.6 is 15.9 Å². The number of aromatic nitrogens is 2. The highest BCUT2D eigenvalue weighted by molar-refractivity contribution is 9.10. The Kier molecular flexibility index (Phi) is 5.18. The first-order valence-electron chi connectivity index (χ1n) is 5.93. The van der Waals surface area contributed by atoms with Gasteiger partial charge in [0.05, 0.1) is 0 Å². The van der Waals surface area contributed by atoms with Gasteiger partial charge in [-0.1, -0.05) is 13.8 Å². The Hall–Kier alpha value is -0.840. The van der Waals surface area contributed by atoms with Crippen molar-refractivity contribution in [1.82, 2.24) is 9.97 Å². The third-order valence-electron chi connectivity index (χ3n) is 2.52. The zero-order valence-electron chi connectivity index (χ0n) is 10.9. The highest BCUT2D eigenvalue weighted by atomic mass is 79.9. The molecule has 5 heteroatoms. The van der Waals surface area contributed by atoms with Crippen molar-refractivity contribution in [2.75, 3.05) is 11.9 Å². The molecule has 0 atom stereocenters. The van der Waals surface area contributed by atoms with Crippen molar-refractivity contribution in [3.63, 3.8) is 0 Å². The second-order valence-corrected chi connectivity index (χ2v) is 5.28. The summed E-state index contributed by atoms with van der Waals surface area (Å²) in [5.74, 6) is 1.37. The molecule has 0 amide bonds. The lowest BCUT2D eigenvalue weighted by Crippen LogP contribution is -2.27. The molecular formula is C12H20BrN3O. The zero-order valence-corrected chi connectivity index (χ0v) is 12.5. The molecule has 0 fully saturated rings. The Labute approximate surface area is 111 Å². The minimum Gasteiger partial charge on any atom is -0.471 e. The van der Waals surface area contributed by atoms with Crippen molar-refractivity contribution in [3.05, 3.63) is 10.8 Å². The maximum absolute atomic E-state index is 5.86. The Balaban J connectivity index is 2.86. The van der Waals surface area contributed by atoms with E-state index in [2.05, 4.69) is 45.1 Å². The summed E-state index contributed by atoms with van der Waals surface area (Å²) in [4.78, 5) is 8.34. The summed E-state index contributed by atoms with van der Waals surface area (Å²) in [6.07, 6.45) is 3.48. The van der Waals surface area contributed by atoms with Crippen molar-refractivity contribution in [1.29, 1.82) is 0 Å². The fourth-order valence-electron chi connectivity index (χ4n) is 1.13. The molecule has 0 saturated carbocycles. The number of ether oxygens (including phenoxy) is 1. The van der Waals surface area contributed by atoms with E-state index in [4.69, 9.17) is 4.74 Å². The first-order chi connectivity index (χ1) is 8.00. The molecular weight excluding hydrogens is 282 g/mol. The second kappa shape index (κ2) is 6.19. The summed E-state index contributed by atoms with van der Waals surface area (Å²) in [5, 5.41) is 3.23. The Morgan fingerprint density at radius 1 is 1.35 bits per heavy atom. The molecule has 0 bridgehead atoms. The first-order valence-corrected chi connectivity index (χ1v) is 6.73. The third-order valence-corrected chi connectivity index (χ3v) is 3.24. The molecule has 1 aromatic heterocycles. The van der Waals surface area contributed by atoms with E-state index in [1.807, 2.05) is 13.8 Å². The number of nitrogens with zero attached hydrogens (tertiary/aromatic N) is 2. The molecule has 1 rings (SSSR count). The largest absolute Gasteiger partial charge is 0.471 e. The van der Waals surface area contributed by atoms with Gasteiger partial charge in [-0.2, -0.15) is 0 Å². The Morgan fingerprint density at radius 3 is 2.65 bits per heavy atom. The van der Waals surface area contributed by atoms with Crippen LogP contribution in [0.5, 0.6) is 5.88 Å². The second-order valence-electron chi connectivity index (χ2n) is 4.48. The number of hydrogen-bond acceptors (Lipinski definition) is 4. The number of hydrogen-bond donors (Lipinski definition) is 1. The van der Waals surface area contributed by atoms with Crippen molar-refractivity contribution < 1.29 is 4.74 Å². The predicted octanol–water partition coefficient (Wildman–Crippen LogP) is 3.63. The van der Waals surface area contributed by atoms with Gasteiger partial charge in [-0.05, 0) is 42.6 Å². The first kappa shape index (κ1) is 14.2. The molecule has 0 aliphatic heterocycles. The number of rotatable bonds is 6. The van der Waals surface area contributed by atoms with Crippen molar-refractivity contribution in [3.8, 4) is 5.88 Å². The molecule has 4 nitrogen and oxygen atoms in total. The molecule has 0 radical (unpaired) electrons. The highest BCUT2D eigenvalue weighted by Gasteiger charge is 2.20. The van der Waals surface area contributed by atoms with E-state index >= 15 is 0 Å². The van der Waals surface area contributed by atoms with Crippen molar-refractivity contribution in [2.24, 2.45) is 0 Å². The SMILES string of the molecule is CCCNc1ncnc(OC(C)(C)CC)c1Br. The van der Waals surface area contributed by atoms with Crippen LogP contribution in [0.15, 0.2) is 10.8 Å². The maximum atomic E-state index is 5.86. The molecule has 0 aliphatic rings. The maximum Gasteiger partial charge on any atom is 0.233 e. The van der Waals surface area contributed by atoms with Gasteiger partial charge in [0.25, 0.3) is 0 Å². The van der Waals surface area contributed by atoms with Crippen LogP contribution in [0.3, 0.4) is 0 Å². The number of anilines is 1. The van der Waals surface area contributed by atoms with E-state index in [1.54, 1.807) is 0 Å². The normalized spacial score (nSPS) is 11.4. The minimum absolute atomic E-state index is 0.223. The molecule has 1 heterocycles. The van der Waals surface area contributed by atoms with E-state index in [0.717, 1.165) is 29.7 Å². The van der Waals surface area contributed by atoms with Crippen LogP contribution in [-0.4, -0.2) is 22.1 Å². The molecule has 1 N–H and O–H groups in total. The van der Waals surface area contributed by atoms with E-state index in [0.29, 0.717) is 5.88 Å². The Bertz CT molecular complexity index is 369. The van der Waals surface area contributed by atoms with E-state index in [-0.39, 0.29) is 5.60 Å². The van der Waals surface area contributed by atoms with E-state index < -0.39 is 0 Å². The summed E-state index contributed by atoms with van der Waals surface area (Å²) in [6, 6.07) is 0. The van der Waals surface area contributed by atoms with Gasteiger partial charge in [-0.15, -0.1) is 0 Å². The van der Waals surface area contributed by atoms with Crippen LogP contribution in [0.4, 0.5) is 5.82 Å². The van der Waals surface area contributed by atoms with Gasteiger partial charge < -0.3 is 10.1 Å². The van der Waals surface area contributed by atoms with Gasteiger partial charge in [0.2, 0.25) is 5.88 Å². The molecule has 17 heavy (non-hydrogen) atoms. The summed E-state index contributed by atoms with van der Waals surface area (Å²) in [7, 11) is 0. The monoisotopic (exact) mass is 301 g/mol. The van der Waals surface area contributed by atoms with Gasteiger partial charge in [-0.25, -0.2) is 9.97 Å². The van der Waals surface area contributed by atoms with Crippen LogP contribution < -0.4 is 10.1 Å². The van der Waals surface area contributed by atoms with Gasteiger partial charge >= 0.3 is 0 Å². The number of halogens is 1. The minimum atomic E-state index is -0.223. The third kappa shape index (κ3) is 4.15. The van der Waals surface area contributed by atoms with E-state index in [9.17, 15) is 0 Å². The van der Waals surface area contributed by atoms with Gasteiger partial charge in [-0.3, -0.25) is 0 Å². The molecule has 0 aliphatic carbocycles. The van der Waals surface area contributed by atoms with Crippen LogP contribution in [-0.2, 0) is 0 Å². The molecule has 0 aromatic carbocycles. The topological polar surface area (TPSA) is 47.0 Å². The average Bonchev–Trinajstić information content (AvgIpc) is 2.30. The van der Waals surface area contributed by atoms with Crippen LogP contribution in [0.1, 0.15) is 40.5 Å². The van der Waals surface area contributed by atoms with Crippen LogP contribution in [0.2, 0.25) is 0 Å². The van der Waals surface area contributed by atoms with Crippen LogP contribution in [0, 0.1) is 0 Å². The molecule has 0 spiro atoms. The molecule has 1 aromatic rings. The summed E-state index contributed by atoms with van der Waals surface area (Å²) < 4.78 is 6.65. The molecule has 96 valence electrons. The smallest absolute Gasteiger partial charge is 0.233 e. The molecule has 0 saturated heterocycles. The van der Waals surface area contributed by atoms with Gasteiger partial charge in [0.1, 0.15) is 22.2 Å². The van der Waals surface area contributed by atoms with Crippen molar-refractivity contribution in [2.45, 2.75) is 46.1 Å².